The van der Waals surface area contributed by atoms with Crippen molar-refractivity contribution in [2.24, 2.45) is 4.99 Å². The Morgan fingerprint density at radius 3 is 2.85 bits per heavy atom. The summed E-state index contributed by atoms with van der Waals surface area (Å²) in [4.78, 5) is 3.92. The summed E-state index contributed by atoms with van der Waals surface area (Å²) in [6.45, 7) is 4.60. The number of benzene rings is 1. The molecule has 1 aromatic rings. The number of rotatable bonds is 3. The Morgan fingerprint density at radius 1 is 1.54 bits per heavy atom. The van der Waals surface area contributed by atoms with Crippen molar-refractivity contribution in [3.05, 3.63) is 23.8 Å². The molecule has 68 valence electrons. The van der Waals surface area contributed by atoms with Crippen molar-refractivity contribution in [1.82, 2.24) is 0 Å². The molecule has 0 fully saturated rings. The van der Waals surface area contributed by atoms with E-state index in [9.17, 15) is 0 Å². The Balaban J connectivity index is 2.98. The fraction of sp³-hybridized carbons (Fsp3) is 0.300. The average molecular weight is 193 g/mol. The zero-order valence-corrected chi connectivity index (χ0v) is 8.52. The summed E-state index contributed by atoms with van der Waals surface area (Å²) in [6.07, 6.45) is 0. The van der Waals surface area contributed by atoms with Gasteiger partial charge in [0.15, 0.2) is 0 Å². The number of aliphatic imine (C=N–C) groups is 1. The summed E-state index contributed by atoms with van der Waals surface area (Å²) in [5.74, 6) is 0.864. The summed E-state index contributed by atoms with van der Waals surface area (Å²) in [7, 11) is 0. The lowest BCUT2D eigenvalue weighted by atomic mass is 10.2. The third-order valence-electron chi connectivity index (χ3n) is 1.65. The summed E-state index contributed by atoms with van der Waals surface area (Å²) >= 11 is 4.53. The molecule has 0 unspecified atom stereocenters. The highest BCUT2D eigenvalue weighted by molar-refractivity contribution is 7.78. The van der Waals surface area contributed by atoms with Crippen LogP contribution in [0.3, 0.4) is 0 Å². The second-order valence-corrected chi connectivity index (χ2v) is 2.77. The zero-order valence-electron chi connectivity index (χ0n) is 7.70. The summed E-state index contributed by atoms with van der Waals surface area (Å²) < 4.78 is 5.33. The Bertz CT molecular complexity index is 343. The first-order valence-electron chi connectivity index (χ1n) is 4.09. The highest BCUT2D eigenvalue weighted by atomic mass is 32.1. The predicted octanol–water partition coefficient (Wildman–Crippen LogP) is 3.13. The number of hydrogen-bond acceptors (Lipinski definition) is 3. The van der Waals surface area contributed by atoms with Crippen LogP contribution in [0.5, 0.6) is 5.75 Å². The lowest BCUT2D eigenvalue weighted by Gasteiger charge is -2.04. The maximum absolute atomic E-state index is 5.33. The van der Waals surface area contributed by atoms with Gasteiger partial charge in [0.25, 0.3) is 0 Å². The van der Waals surface area contributed by atoms with Gasteiger partial charge in [-0.25, -0.2) is 0 Å². The average Bonchev–Trinajstić information content (AvgIpc) is 2.10. The molecule has 0 saturated carbocycles. The van der Waals surface area contributed by atoms with E-state index in [0.717, 1.165) is 17.0 Å². The fourth-order valence-corrected chi connectivity index (χ4v) is 1.16. The van der Waals surface area contributed by atoms with Gasteiger partial charge in [0.1, 0.15) is 5.75 Å². The second kappa shape index (κ2) is 4.75. The van der Waals surface area contributed by atoms with Crippen LogP contribution in [0, 0.1) is 6.92 Å². The molecule has 0 heterocycles. The highest BCUT2D eigenvalue weighted by Crippen LogP contribution is 2.23. The minimum atomic E-state index is 0.676. The SMILES string of the molecule is CCOc1ccc(N=C=S)c(C)c1. The molecule has 1 aromatic carbocycles. The van der Waals surface area contributed by atoms with Crippen LogP contribution < -0.4 is 4.74 Å². The first-order chi connectivity index (χ1) is 6.27. The molecular weight excluding hydrogens is 182 g/mol. The summed E-state index contributed by atoms with van der Waals surface area (Å²) in [6, 6.07) is 5.69. The van der Waals surface area contributed by atoms with Crippen LogP contribution in [-0.4, -0.2) is 11.8 Å². The van der Waals surface area contributed by atoms with E-state index in [0.29, 0.717) is 6.61 Å². The van der Waals surface area contributed by atoms with Gasteiger partial charge in [-0.2, -0.15) is 4.99 Å². The first kappa shape index (κ1) is 9.90. The van der Waals surface area contributed by atoms with Crippen LogP contribution >= 0.6 is 12.2 Å². The molecular formula is C10H11NOS. The molecule has 0 atom stereocenters. The molecule has 0 bridgehead atoms. The van der Waals surface area contributed by atoms with E-state index in [-0.39, 0.29) is 0 Å². The van der Waals surface area contributed by atoms with E-state index in [1.807, 2.05) is 32.0 Å². The van der Waals surface area contributed by atoms with E-state index in [1.54, 1.807) is 0 Å². The maximum Gasteiger partial charge on any atom is 0.119 e. The Morgan fingerprint density at radius 2 is 2.31 bits per heavy atom. The topological polar surface area (TPSA) is 21.6 Å². The standard InChI is InChI=1S/C10H11NOS/c1-3-12-9-4-5-10(11-7-13)8(2)6-9/h4-6H,3H2,1-2H3. The van der Waals surface area contributed by atoms with Crippen molar-refractivity contribution in [2.75, 3.05) is 6.61 Å². The Kier molecular flexibility index (Phi) is 3.62. The van der Waals surface area contributed by atoms with Crippen molar-refractivity contribution >= 4 is 23.1 Å². The molecule has 3 heteroatoms. The van der Waals surface area contributed by atoms with E-state index in [4.69, 9.17) is 4.74 Å². The zero-order chi connectivity index (χ0) is 9.68. The van der Waals surface area contributed by atoms with Crippen LogP contribution in [0.1, 0.15) is 12.5 Å². The van der Waals surface area contributed by atoms with Gasteiger partial charge in [0.05, 0.1) is 17.5 Å². The van der Waals surface area contributed by atoms with Gasteiger partial charge in [-0.1, -0.05) is 0 Å². The molecule has 0 radical (unpaired) electrons. The van der Waals surface area contributed by atoms with Crippen LogP contribution in [0.4, 0.5) is 5.69 Å². The van der Waals surface area contributed by atoms with E-state index < -0.39 is 0 Å². The lowest BCUT2D eigenvalue weighted by Crippen LogP contribution is -1.91. The number of thiocarbonyl (C=S) groups is 1. The quantitative estimate of drug-likeness (QED) is 0.543. The molecule has 13 heavy (non-hydrogen) atoms. The summed E-state index contributed by atoms with van der Waals surface area (Å²) in [5, 5.41) is 2.34. The first-order valence-corrected chi connectivity index (χ1v) is 4.50. The predicted molar refractivity (Wildman–Crippen MR) is 57.0 cm³/mol. The molecule has 0 aliphatic heterocycles. The second-order valence-electron chi connectivity index (χ2n) is 2.58. The minimum absolute atomic E-state index is 0.676. The van der Waals surface area contributed by atoms with Gasteiger partial charge in [0, 0.05) is 0 Å². The monoisotopic (exact) mass is 193 g/mol. The van der Waals surface area contributed by atoms with Crippen molar-refractivity contribution < 1.29 is 4.74 Å². The molecule has 0 aromatic heterocycles. The fourth-order valence-electron chi connectivity index (χ4n) is 1.06. The molecule has 1 rings (SSSR count). The van der Waals surface area contributed by atoms with Crippen molar-refractivity contribution in [1.29, 1.82) is 0 Å². The van der Waals surface area contributed by atoms with Crippen LogP contribution in [-0.2, 0) is 0 Å². The van der Waals surface area contributed by atoms with Crippen molar-refractivity contribution in [3.8, 4) is 5.75 Å². The third-order valence-corrected chi connectivity index (χ3v) is 1.74. The number of aryl methyl sites for hydroxylation is 1. The van der Waals surface area contributed by atoms with Gasteiger partial charge in [-0.3, -0.25) is 0 Å². The molecule has 0 amide bonds. The largest absolute Gasteiger partial charge is 0.494 e. The Hall–Kier alpha value is -1.18. The van der Waals surface area contributed by atoms with Crippen LogP contribution in [0.15, 0.2) is 23.2 Å². The van der Waals surface area contributed by atoms with Crippen molar-refractivity contribution in [3.63, 3.8) is 0 Å². The van der Waals surface area contributed by atoms with E-state index >= 15 is 0 Å². The van der Waals surface area contributed by atoms with Gasteiger partial charge in [-0.15, -0.1) is 0 Å². The molecule has 0 aliphatic carbocycles. The molecule has 0 aliphatic rings. The normalized spacial score (nSPS) is 9.08. The van der Waals surface area contributed by atoms with Gasteiger partial charge < -0.3 is 4.74 Å². The molecule has 0 saturated heterocycles. The van der Waals surface area contributed by atoms with E-state index in [1.165, 1.54) is 0 Å². The van der Waals surface area contributed by atoms with Gasteiger partial charge in [-0.05, 0) is 49.8 Å². The molecule has 0 N–H and O–H groups in total. The lowest BCUT2D eigenvalue weighted by molar-refractivity contribution is 0.340. The number of hydrogen-bond donors (Lipinski definition) is 0. The molecule has 0 spiro atoms. The van der Waals surface area contributed by atoms with Crippen LogP contribution in [0.25, 0.3) is 0 Å². The number of nitrogens with zero attached hydrogens (tertiary/aromatic N) is 1. The van der Waals surface area contributed by atoms with Gasteiger partial charge in [0.2, 0.25) is 0 Å². The maximum atomic E-state index is 5.33. The van der Waals surface area contributed by atoms with E-state index in [2.05, 4.69) is 22.4 Å². The summed E-state index contributed by atoms with van der Waals surface area (Å²) in [5.41, 5.74) is 1.89. The van der Waals surface area contributed by atoms with Crippen molar-refractivity contribution in [2.45, 2.75) is 13.8 Å². The number of isothiocyanates is 1. The van der Waals surface area contributed by atoms with Crippen LogP contribution in [0.2, 0.25) is 0 Å². The Labute approximate surface area is 83.3 Å². The smallest absolute Gasteiger partial charge is 0.119 e. The minimum Gasteiger partial charge on any atom is -0.494 e. The highest BCUT2D eigenvalue weighted by Gasteiger charge is 1.97. The molecule has 2 nitrogen and oxygen atoms in total. The van der Waals surface area contributed by atoms with Gasteiger partial charge >= 0.3 is 0 Å². The number of ether oxygens (including phenoxy) is 1. The third kappa shape index (κ3) is 2.65.